The quantitative estimate of drug-likeness (QED) is 0.449. The molecule has 6 heteroatoms. The third kappa shape index (κ3) is 2.29. The summed E-state index contributed by atoms with van der Waals surface area (Å²) in [5.41, 5.74) is 1.98. The number of imidazole rings is 1. The predicted molar refractivity (Wildman–Crippen MR) is 83.3 cm³/mol. The zero-order valence-corrected chi connectivity index (χ0v) is 13.0. The van der Waals surface area contributed by atoms with Gasteiger partial charge in [0.2, 0.25) is 0 Å². The van der Waals surface area contributed by atoms with Gasteiger partial charge in [-0.1, -0.05) is 0 Å². The highest BCUT2D eigenvalue weighted by Gasteiger charge is 2.14. The van der Waals surface area contributed by atoms with E-state index in [0.29, 0.717) is 26.1 Å². The average Bonchev–Trinajstić information content (AvgIpc) is 2.78. The molecular weight excluding hydrogens is 397 g/mol. The molecule has 0 aliphatic heterocycles. The van der Waals surface area contributed by atoms with E-state index >= 15 is 0 Å². The lowest BCUT2D eigenvalue weighted by Crippen LogP contribution is -1.99. The summed E-state index contributed by atoms with van der Waals surface area (Å²) in [5, 5.41) is 0. The number of hydrogen-bond acceptors (Lipinski definition) is 1. The first-order valence-corrected chi connectivity index (χ1v) is 7.40. The van der Waals surface area contributed by atoms with E-state index in [1.807, 2.05) is 22.6 Å². The minimum Gasteiger partial charge on any atom is -0.295 e. The molecule has 0 spiro atoms. The number of aromatic nitrogens is 2. The Balaban J connectivity index is 2.32. The van der Waals surface area contributed by atoms with Crippen molar-refractivity contribution in [1.29, 1.82) is 0 Å². The Morgan fingerprint density at radius 2 is 1.85 bits per heavy atom. The topological polar surface area (TPSA) is 17.8 Å². The molecule has 0 saturated carbocycles. The first-order valence-electron chi connectivity index (χ1n) is 5.78. The van der Waals surface area contributed by atoms with Gasteiger partial charge in [-0.05, 0) is 52.9 Å². The molecule has 0 fully saturated rings. The fourth-order valence-electron chi connectivity index (χ4n) is 2.09. The summed E-state index contributed by atoms with van der Waals surface area (Å²) in [6.45, 7) is 0. The molecule has 1 heterocycles. The number of halogens is 4. The molecule has 0 aliphatic carbocycles. The summed E-state index contributed by atoms with van der Waals surface area (Å²) < 4.78 is 29.0. The Kier molecular flexibility index (Phi) is 3.64. The van der Waals surface area contributed by atoms with Gasteiger partial charge < -0.3 is 0 Å². The monoisotopic (exact) mass is 404 g/mol. The van der Waals surface area contributed by atoms with Crippen molar-refractivity contribution in [2.75, 3.05) is 0 Å². The zero-order valence-electron chi connectivity index (χ0n) is 10.1. The van der Waals surface area contributed by atoms with Gasteiger partial charge in [0, 0.05) is 11.8 Å². The van der Waals surface area contributed by atoms with Crippen LogP contribution in [0.2, 0.25) is 0 Å². The average molecular weight is 405 g/mol. The van der Waals surface area contributed by atoms with E-state index in [4.69, 9.17) is 11.6 Å². The lowest BCUT2D eigenvalue weighted by molar-refractivity contribution is 0.621. The van der Waals surface area contributed by atoms with Crippen LogP contribution >= 0.6 is 34.2 Å². The highest BCUT2D eigenvalue weighted by molar-refractivity contribution is 14.1. The number of rotatable bonds is 2. The first-order chi connectivity index (χ1) is 9.60. The molecule has 0 amide bonds. The summed E-state index contributed by atoms with van der Waals surface area (Å²) in [6.07, 6.45) is 0. The summed E-state index contributed by atoms with van der Waals surface area (Å²) in [5.74, 6) is 0.132. The lowest BCUT2D eigenvalue weighted by atomic mass is 10.2. The zero-order chi connectivity index (χ0) is 14.3. The van der Waals surface area contributed by atoms with E-state index < -0.39 is 0 Å². The third-order valence-electron chi connectivity index (χ3n) is 2.97. The first kappa shape index (κ1) is 13.8. The maximum absolute atomic E-state index is 13.8. The van der Waals surface area contributed by atoms with Crippen molar-refractivity contribution in [3.63, 3.8) is 0 Å². The third-order valence-corrected chi connectivity index (χ3v) is 4.04. The number of hydrogen-bond donors (Lipinski definition) is 0. The normalized spacial score (nSPS) is 11.2. The van der Waals surface area contributed by atoms with Crippen LogP contribution in [-0.4, -0.2) is 9.55 Å². The Morgan fingerprint density at radius 1 is 1.15 bits per heavy atom. The van der Waals surface area contributed by atoms with Crippen molar-refractivity contribution in [1.82, 2.24) is 9.55 Å². The molecule has 0 unspecified atom stereocenters. The van der Waals surface area contributed by atoms with E-state index in [2.05, 4.69) is 4.98 Å². The van der Waals surface area contributed by atoms with Crippen molar-refractivity contribution in [3.8, 4) is 5.69 Å². The van der Waals surface area contributed by atoms with Gasteiger partial charge in [-0.15, -0.1) is 11.6 Å². The molecule has 0 saturated heterocycles. The van der Waals surface area contributed by atoms with Crippen LogP contribution in [-0.2, 0) is 5.88 Å². The van der Waals surface area contributed by atoms with Crippen LogP contribution in [0.4, 0.5) is 8.78 Å². The van der Waals surface area contributed by atoms with Gasteiger partial charge in [0.25, 0.3) is 0 Å². The minimum absolute atomic E-state index is 0.185. The van der Waals surface area contributed by atoms with Gasteiger partial charge in [-0.2, -0.15) is 0 Å². The minimum atomic E-state index is -0.327. The van der Waals surface area contributed by atoms with Crippen molar-refractivity contribution >= 4 is 45.2 Å². The van der Waals surface area contributed by atoms with Crippen LogP contribution in [0.25, 0.3) is 16.7 Å². The molecule has 2 nitrogen and oxygen atoms in total. The molecule has 0 aliphatic rings. The van der Waals surface area contributed by atoms with E-state index in [0.717, 1.165) is 0 Å². The fourth-order valence-corrected chi connectivity index (χ4v) is 2.72. The largest absolute Gasteiger partial charge is 0.295 e. The van der Waals surface area contributed by atoms with E-state index in [1.54, 1.807) is 22.8 Å². The lowest BCUT2D eigenvalue weighted by Gasteiger charge is -2.07. The number of fused-ring (bicyclic) bond motifs is 1. The van der Waals surface area contributed by atoms with Crippen molar-refractivity contribution in [2.24, 2.45) is 0 Å². The molecule has 0 bridgehead atoms. The second-order valence-corrected chi connectivity index (χ2v) is 5.66. The second-order valence-electron chi connectivity index (χ2n) is 4.23. The Bertz CT molecular complexity index is 784. The van der Waals surface area contributed by atoms with Crippen LogP contribution in [0, 0.1) is 15.2 Å². The van der Waals surface area contributed by atoms with Crippen LogP contribution in [0.1, 0.15) is 5.82 Å². The Morgan fingerprint density at radius 3 is 2.50 bits per heavy atom. The highest BCUT2D eigenvalue weighted by atomic mass is 127. The predicted octanol–water partition coefficient (Wildman–Crippen LogP) is 4.65. The van der Waals surface area contributed by atoms with Crippen LogP contribution in [0.15, 0.2) is 36.4 Å². The molecule has 102 valence electrons. The van der Waals surface area contributed by atoms with Crippen molar-refractivity contribution in [3.05, 3.63) is 57.4 Å². The smallest absolute Gasteiger partial charge is 0.138 e. The van der Waals surface area contributed by atoms with Crippen LogP contribution in [0.5, 0.6) is 0 Å². The van der Waals surface area contributed by atoms with E-state index in [-0.39, 0.29) is 17.5 Å². The number of benzene rings is 2. The van der Waals surface area contributed by atoms with E-state index in [1.165, 1.54) is 18.2 Å². The van der Waals surface area contributed by atoms with Gasteiger partial charge in [0.15, 0.2) is 0 Å². The summed E-state index contributed by atoms with van der Waals surface area (Å²) in [7, 11) is 0. The van der Waals surface area contributed by atoms with E-state index in [9.17, 15) is 8.78 Å². The van der Waals surface area contributed by atoms with Gasteiger partial charge >= 0.3 is 0 Å². The summed E-state index contributed by atoms with van der Waals surface area (Å²) in [6, 6.07) is 9.01. The Labute approximate surface area is 132 Å². The maximum Gasteiger partial charge on any atom is 0.138 e. The Hall–Kier alpha value is -1.21. The van der Waals surface area contributed by atoms with Crippen LogP contribution < -0.4 is 0 Å². The van der Waals surface area contributed by atoms with Gasteiger partial charge in [0.05, 0.1) is 20.5 Å². The van der Waals surface area contributed by atoms with Crippen LogP contribution in [0.3, 0.4) is 0 Å². The van der Waals surface area contributed by atoms with Gasteiger partial charge in [-0.25, -0.2) is 13.8 Å². The maximum atomic E-state index is 13.8. The highest BCUT2D eigenvalue weighted by Crippen LogP contribution is 2.26. The number of nitrogens with zero attached hydrogens (tertiary/aromatic N) is 2. The SMILES string of the molecule is Fc1ccc(-n2c(CCl)nc3cc(I)c(F)cc32)cc1. The number of alkyl halides is 1. The summed E-state index contributed by atoms with van der Waals surface area (Å²) >= 11 is 7.83. The molecule has 2 aromatic carbocycles. The molecule has 0 N–H and O–H groups in total. The molecule has 0 atom stereocenters. The molecular formula is C14H8ClF2IN2. The standard InChI is InChI=1S/C14H8ClF2IN2/c15-7-14-19-12-6-11(18)10(17)5-13(12)20(14)9-3-1-8(16)2-4-9/h1-6H,7H2. The van der Waals surface area contributed by atoms with Gasteiger partial charge in [-0.3, -0.25) is 4.57 Å². The van der Waals surface area contributed by atoms with Gasteiger partial charge in [0.1, 0.15) is 17.5 Å². The second kappa shape index (κ2) is 5.29. The molecule has 3 rings (SSSR count). The molecule has 3 aromatic rings. The molecule has 1 aromatic heterocycles. The fraction of sp³-hybridized carbons (Fsp3) is 0.0714. The molecule has 20 heavy (non-hydrogen) atoms. The van der Waals surface area contributed by atoms with Crippen molar-refractivity contribution in [2.45, 2.75) is 5.88 Å². The summed E-state index contributed by atoms with van der Waals surface area (Å²) in [4.78, 5) is 4.40. The molecule has 0 radical (unpaired) electrons. The van der Waals surface area contributed by atoms with Crippen molar-refractivity contribution < 1.29 is 8.78 Å².